The van der Waals surface area contributed by atoms with Crippen LogP contribution in [0.4, 0.5) is 0 Å². The number of halogens is 1. The van der Waals surface area contributed by atoms with Gasteiger partial charge in [-0.15, -0.1) is 11.8 Å². The molecule has 5 nitrogen and oxygen atoms in total. The number of rotatable bonds is 9. The Bertz CT molecular complexity index is 1330. The van der Waals surface area contributed by atoms with E-state index < -0.39 is 0 Å². The number of fused-ring (bicyclic) bond motifs is 1. The van der Waals surface area contributed by atoms with Crippen LogP contribution < -0.4 is 10.6 Å². The molecule has 7 heteroatoms. The lowest BCUT2D eigenvalue weighted by Gasteiger charge is -2.20. The molecule has 2 amide bonds. The van der Waals surface area contributed by atoms with Gasteiger partial charge in [0.15, 0.2) is 0 Å². The highest BCUT2D eigenvalue weighted by atomic mass is 35.5. The minimum Gasteiger partial charge on any atom is -0.361 e. The molecule has 0 radical (unpaired) electrons. The Morgan fingerprint density at radius 2 is 1.66 bits per heavy atom. The van der Waals surface area contributed by atoms with E-state index in [1.807, 2.05) is 80.7 Å². The van der Waals surface area contributed by atoms with Crippen molar-refractivity contribution in [3.63, 3.8) is 0 Å². The molecule has 0 aliphatic carbocycles. The van der Waals surface area contributed by atoms with Crippen LogP contribution in [-0.4, -0.2) is 35.1 Å². The Hall–Kier alpha value is -3.22. The molecule has 4 rings (SSSR count). The molecule has 0 spiro atoms. The molecule has 0 bridgehead atoms. The maximum absolute atomic E-state index is 13.3. The Morgan fingerprint density at radius 1 is 0.943 bits per heavy atom. The standard InChI is InChI=1S/C28H28ClN3O2S/c1-18(2)32-27(33)17-35-26-14-8-5-11-21(26)28(34)31-16-22(19-9-3-6-12-24(19)29)23-15-30-25-13-7-4-10-20(23)25/h3-15,18,22,30H,16-17H2,1-2H3,(H,31,34)(H,32,33). The van der Waals surface area contributed by atoms with Crippen LogP contribution in [0.15, 0.2) is 83.9 Å². The summed E-state index contributed by atoms with van der Waals surface area (Å²) < 4.78 is 0. The number of para-hydroxylation sites is 1. The Balaban J connectivity index is 1.56. The third kappa shape index (κ3) is 6.08. The average Bonchev–Trinajstić information content (AvgIpc) is 3.27. The first-order chi connectivity index (χ1) is 16.9. The number of hydrogen-bond donors (Lipinski definition) is 3. The van der Waals surface area contributed by atoms with Gasteiger partial charge in [-0.25, -0.2) is 0 Å². The van der Waals surface area contributed by atoms with E-state index in [1.165, 1.54) is 11.8 Å². The predicted octanol–water partition coefficient (Wildman–Crippen LogP) is 6.00. The summed E-state index contributed by atoms with van der Waals surface area (Å²) in [6, 6.07) is 23.3. The molecule has 3 aromatic carbocycles. The molecule has 1 unspecified atom stereocenters. The zero-order valence-electron chi connectivity index (χ0n) is 19.7. The van der Waals surface area contributed by atoms with Gasteiger partial charge in [-0.3, -0.25) is 9.59 Å². The molecule has 4 aromatic rings. The van der Waals surface area contributed by atoms with E-state index in [-0.39, 0.29) is 29.5 Å². The van der Waals surface area contributed by atoms with Crippen LogP contribution in [0.25, 0.3) is 10.9 Å². The summed E-state index contributed by atoms with van der Waals surface area (Å²) in [5.74, 6) is -0.131. The quantitative estimate of drug-likeness (QED) is 0.244. The molecule has 0 aliphatic rings. The van der Waals surface area contributed by atoms with Crippen LogP contribution in [0, 0.1) is 0 Å². The predicted molar refractivity (Wildman–Crippen MR) is 144 cm³/mol. The second-order valence-corrected chi connectivity index (χ2v) is 10.0. The van der Waals surface area contributed by atoms with Gasteiger partial charge in [0.25, 0.3) is 5.91 Å². The number of hydrogen-bond acceptors (Lipinski definition) is 3. The summed E-state index contributed by atoms with van der Waals surface area (Å²) in [4.78, 5) is 29.5. The van der Waals surface area contributed by atoms with E-state index in [0.29, 0.717) is 17.1 Å². The Kier molecular flexibility index (Phi) is 8.16. The summed E-state index contributed by atoms with van der Waals surface area (Å²) in [6.45, 7) is 4.22. The first-order valence-electron chi connectivity index (χ1n) is 11.5. The summed E-state index contributed by atoms with van der Waals surface area (Å²) in [5.41, 5.74) is 3.60. The normalized spacial score (nSPS) is 12.0. The molecule has 180 valence electrons. The molecule has 1 aromatic heterocycles. The second-order valence-electron chi connectivity index (χ2n) is 8.58. The van der Waals surface area contributed by atoms with E-state index in [1.54, 1.807) is 6.07 Å². The lowest BCUT2D eigenvalue weighted by Crippen LogP contribution is -2.31. The monoisotopic (exact) mass is 505 g/mol. The van der Waals surface area contributed by atoms with Gasteiger partial charge in [0.05, 0.1) is 11.3 Å². The number of carbonyl (C=O) groups excluding carboxylic acids is 2. The van der Waals surface area contributed by atoms with E-state index in [9.17, 15) is 9.59 Å². The van der Waals surface area contributed by atoms with Crippen LogP contribution in [0.2, 0.25) is 5.02 Å². The summed E-state index contributed by atoms with van der Waals surface area (Å²) >= 11 is 7.95. The van der Waals surface area contributed by atoms with Crippen molar-refractivity contribution in [2.45, 2.75) is 30.7 Å². The molecule has 0 fully saturated rings. The molecular formula is C28H28ClN3O2S. The largest absolute Gasteiger partial charge is 0.361 e. The summed E-state index contributed by atoms with van der Waals surface area (Å²) in [6.07, 6.45) is 1.99. The molecule has 1 heterocycles. The number of nitrogens with one attached hydrogen (secondary N) is 3. The highest BCUT2D eigenvalue weighted by Gasteiger charge is 2.22. The zero-order chi connectivity index (χ0) is 24.8. The third-order valence-electron chi connectivity index (χ3n) is 5.68. The van der Waals surface area contributed by atoms with E-state index in [2.05, 4.69) is 21.7 Å². The lowest BCUT2D eigenvalue weighted by atomic mass is 9.90. The molecule has 1 atom stereocenters. The fraction of sp³-hybridized carbons (Fsp3) is 0.214. The number of amides is 2. The minimum absolute atomic E-state index is 0.0571. The zero-order valence-corrected chi connectivity index (χ0v) is 21.2. The van der Waals surface area contributed by atoms with Gasteiger partial charge < -0.3 is 15.6 Å². The van der Waals surface area contributed by atoms with E-state index in [4.69, 9.17) is 11.6 Å². The van der Waals surface area contributed by atoms with Gasteiger partial charge >= 0.3 is 0 Å². The minimum atomic E-state index is -0.186. The number of thioether (sulfide) groups is 1. The van der Waals surface area contributed by atoms with Crippen molar-refractivity contribution in [2.24, 2.45) is 0 Å². The van der Waals surface area contributed by atoms with Crippen LogP contribution in [0.3, 0.4) is 0 Å². The highest BCUT2D eigenvalue weighted by molar-refractivity contribution is 8.00. The summed E-state index contributed by atoms with van der Waals surface area (Å²) in [5, 5.41) is 7.74. The number of aromatic nitrogens is 1. The van der Waals surface area contributed by atoms with Crippen LogP contribution in [-0.2, 0) is 4.79 Å². The first kappa shape index (κ1) is 24.9. The SMILES string of the molecule is CC(C)NC(=O)CSc1ccccc1C(=O)NCC(c1ccccc1Cl)c1c[nH]c2ccccc12. The Labute approximate surface area is 214 Å². The fourth-order valence-electron chi connectivity index (χ4n) is 4.10. The second kappa shape index (κ2) is 11.5. The fourth-order valence-corrected chi connectivity index (χ4v) is 5.23. The van der Waals surface area contributed by atoms with Crippen LogP contribution >= 0.6 is 23.4 Å². The van der Waals surface area contributed by atoms with Gasteiger partial charge in [0, 0.05) is 45.5 Å². The number of H-pyrrole nitrogens is 1. The first-order valence-corrected chi connectivity index (χ1v) is 12.9. The molecule has 0 saturated carbocycles. The smallest absolute Gasteiger partial charge is 0.252 e. The van der Waals surface area contributed by atoms with E-state index >= 15 is 0 Å². The third-order valence-corrected chi connectivity index (χ3v) is 7.10. The molecule has 0 saturated heterocycles. The van der Waals surface area contributed by atoms with Crippen molar-refractivity contribution in [3.8, 4) is 0 Å². The van der Waals surface area contributed by atoms with Crippen molar-refractivity contribution in [3.05, 3.63) is 101 Å². The van der Waals surface area contributed by atoms with Crippen molar-refractivity contribution < 1.29 is 9.59 Å². The van der Waals surface area contributed by atoms with Gasteiger partial charge in [-0.05, 0) is 49.2 Å². The average molecular weight is 506 g/mol. The lowest BCUT2D eigenvalue weighted by molar-refractivity contribution is -0.119. The van der Waals surface area contributed by atoms with Gasteiger partial charge in [0.1, 0.15) is 0 Å². The van der Waals surface area contributed by atoms with Crippen molar-refractivity contribution >= 4 is 46.1 Å². The molecule has 0 aliphatic heterocycles. The molecule has 35 heavy (non-hydrogen) atoms. The maximum atomic E-state index is 13.3. The van der Waals surface area contributed by atoms with Crippen LogP contribution in [0.5, 0.6) is 0 Å². The van der Waals surface area contributed by atoms with Gasteiger partial charge in [-0.2, -0.15) is 0 Å². The maximum Gasteiger partial charge on any atom is 0.252 e. The van der Waals surface area contributed by atoms with E-state index in [0.717, 1.165) is 26.9 Å². The van der Waals surface area contributed by atoms with Crippen molar-refractivity contribution in [1.29, 1.82) is 0 Å². The molecular weight excluding hydrogens is 478 g/mol. The van der Waals surface area contributed by atoms with Crippen LogP contribution in [0.1, 0.15) is 41.3 Å². The topological polar surface area (TPSA) is 74.0 Å². The number of benzene rings is 3. The number of aromatic amines is 1. The van der Waals surface area contributed by atoms with Crippen molar-refractivity contribution in [1.82, 2.24) is 15.6 Å². The van der Waals surface area contributed by atoms with Gasteiger partial charge in [-0.1, -0.05) is 60.1 Å². The molecule has 3 N–H and O–H groups in total. The number of carbonyl (C=O) groups is 2. The highest BCUT2D eigenvalue weighted by Crippen LogP contribution is 2.34. The van der Waals surface area contributed by atoms with Gasteiger partial charge in [0.2, 0.25) is 5.91 Å². The van der Waals surface area contributed by atoms with Crippen molar-refractivity contribution in [2.75, 3.05) is 12.3 Å². The Morgan fingerprint density at radius 3 is 2.46 bits per heavy atom. The summed E-state index contributed by atoms with van der Waals surface area (Å²) in [7, 11) is 0.